The number of fused-ring (bicyclic) bond motifs is 1. The minimum Gasteiger partial charge on any atom is -0.394 e. The zero-order chi connectivity index (χ0) is 24.2. The fourth-order valence-corrected chi connectivity index (χ4v) is 4.08. The maximum atomic E-state index is 13.4. The number of aliphatic hydroxyl groups is 1. The molecule has 4 aromatic rings. The molecule has 10 nitrogen and oxygen atoms in total. The first-order chi connectivity index (χ1) is 17.1. The van der Waals surface area contributed by atoms with Crippen LogP contribution in [0.25, 0.3) is 11.0 Å². The van der Waals surface area contributed by atoms with E-state index in [-0.39, 0.29) is 30.4 Å². The molecule has 4 N–H and O–H groups in total. The molecule has 5 rings (SSSR count). The van der Waals surface area contributed by atoms with Crippen molar-refractivity contribution in [1.29, 1.82) is 0 Å². The molecule has 1 aliphatic heterocycles. The van der Waals surface area contributed by atoms with Crippen LogP contribution in [0, 0.1) is 0 Å². The topological polar surface area (TPSA) is 142 Å². The summed E-state index contributed by atoms with van der Waals surface area (Å²) in [6.45, 7) is 0.442. The molecule has 1 amide bonds. The van der Waals surface area contributed by atoms with Crippen LogP contribution in [0.3, 0.4) is 0 Å². The average molecular weight is 473 g/mol. The maximum absolute atomic E-state index is 13.4. The van der Waals surface area contributed by atoms with Gasteiger partial charge in [0, 0.05) is 23.5 Å². The second-order valence-electron chi connectivity index (χ2n) is 8.31. The number of carbonyl (C=O) groups is 2. The monoisotopic (exact) mass is 472 g/mol. The fourth-order valence-electron chi connectivity index (χ4n) is 4.08. The highest BCUT2D eigenvalue weighted by Gasteiger charge is 2.24. The molecule has 1 aromatic carbocycles. The molecule has 1 saturated heterocycles. The molecule has 0 bridgehead atoms. The number of hydrogen-bond acceptors (Lipinski definition) is 8. The summed E-state index contributed by atoms with van der Waals surface area (Å²) < 4.78 is 5.65. The smallest absolute Gasteiger partial charge is 0.255 e. The first-order valence-electron chi connectivity index (χ1n) is 11.3. The van der Waals surface area contributed by atoms with Crippen molar-refractivity contribution >= 4 is 34.2 Å². The number of ketones is 1. The van der Waals surface area contributed by atoms with Gasteiger partial charge in [0.15, 0.2) is 5.78 Å². The van der Waals surface area contributed by atoms with Gasteiger partial charge in [-0.1, -0.05) is 12.1 Å². The van der Waals surface area contributed by atoms with Crippen molar-refractivity contribution in [3.8, 4) is 0 Å². The van der Waals surface area contributed by atoms with Gasteiger partial charge >= 0.3 is 0 Å². The van der Waals surface area contributed by atoms with Crippen molar-refractivity contribution in [3.63, 3.8) is 0 Å². The van der Waals surface area contributed by atoms with E-state index >= 15 is 0 Å². The van der Waals surface area contributed by atoms with Gasteiger partial charge in [-0.25, -0.2) is 9.97 Å². The highest BCUT2D eigenvalue weighted by molar-refractivity contribution is 6.18. The van der Waals surface area contributed by atoms with Crippen LogP contribution in [0.15, 0.2) is 61.3 Å². The predicted octanol–water partition coefficient (Wildman–Crippen LogP) is 2.79. The molecule has 10 heteroatoms. The van der Waals surface area contributed by atoms with Crippen molar-refractivity contribution < 1.29 is 19.4 Å². The molecule has 4 heterocycles. The number of nitrogens with one attached hydrogen (secondary N) is 3. The van der Waals surface area contributed by atoms with Crippen molar-refractivity contribution in [2.45, 2.75) is 25.0 Å². The summed E-state index contributed by atoms with van der Waals surface area (Å²) in [5, 5.41) is 16.0. The van der Waals surface area contributed by atoms with Crippen molar-refractivity contribution in [2.24, 2.45) is 0 Å². The van der Waals surface area contributed by atoms with Crippen LogP contribution in [0.2, 0.25) is 0 Å². The number of aliphatic hydroxyl groups excluding tert-OH is 1. The van der Waals surface area contributed by atoms with Crippen molar-refractivity contribution in [2.75, 3.05) is 23.8 Å². The third-order valence-corrected chi connectivity index (χ3v) is 5.96. The molecule has 0 unspecified atom stereocenters. The zero-order valence-electron chi connectivity index (χ0n) is 18.8. The van der Waals surface area contributed by atoms with Crippen LogP contribution in [-0.4, -0.2) is 62.1 Å². The SMILES string of the molecule is O=C(Nc1cccnc1)c1ccc(C(=O)c2c[nH]c3ncnc(N[C@@H]4CC[C@@H](CO)OC4)c23)cc1. The number of pyridine rings is 1. The Hall–Kier alpha value is -4.15. The summed E-state index contributed by atoms with van der Waals surface area (Å²) >= 11 is 0. The Labute approximate surface area is 200 Å². The number of rotatable bonds is 7. The molecule has 1 fully saturated rings. The highest BCUT2D eigenvalue weighted by atomic mass is 16.5. The minimum atomic E-state index is -0.290. The first-order valence-corrected chi connectivity index (χ1v) is 11.3. The number of hydrogen-bond donors (Lipinski definition) is 4. The molecule has 2 atom stereocenters. The van der Waals surface area contributed by atoms with Crippen LogP contribution in [0.5, 0.6) is 0 Å². The number of nitrogens with zero attached hydrogens (tertiary/aromatic N) is 3. The van der Waals surface area contributed by atoms with Crippen LogP contribution < -0.4 is 10.6 Å². The number of aromatic amines is 1. The Morgan fingerprint density at radius 1 is 1.11 bits per heavy atom. The standard InChI is InChI=1S/C25H24N6O4/c32-12-19-8-7-18(13-35-19)30-24-21-20(11-27-23(21)28-14-29-24)22(33)15-3-5-16(6-4-15)25(34)31-17-2-1-9-26-10-17/h1-6,9-11,14,18-19,32H,7-8,12-13H2,(H,31,34)(H2,27,28,29,30)/t18-,19+/m1/s1. The highest BCUT2D eigenvalue weighted by Crippen LogP contribution is 2.27. The lowest BCUT2D eigenvalue weighted by Crippen LogP contribution is -2.36. The number of amides is 1. The van der Waals surface area contributed by atoms with E-state index in [4.69, 9.17) is 4.74 Å². The lowest BCUT2D eigenvalue weighted by atomic mass is 10.0. The summed E-state index contributed by atoms with van der Waals surface area (Å²) in [7, 11) is 0. The number of benzene rings is 1. The van der Waals surface area contributed by atoms with Gasteiger partial charge in [-0.3, -0.25) is 14.6 Å². The van der Waals surface area contributed by atoms with E-state index < -0.39 is 0 Å². The Bertz CT molecular complexity index is 1330. The van der Waals surface area contributed by atoms with E-state index in [0.717, 1.165) is 12.8 Å². The second-order valence-corrected chi connectivity index (χ2v) is 8.31. The molecule has 35 heavy (non-hydrogen) atoms. The van der Waals surface area contributed by atoms with E-state index in [9.17, 15) is 14.7 Å². The summed E-state index contributed by atoms with van der Waals surface area (Å²) in [4.78, 5) is 41.5. The Kier molecular flexibility index (Phi) is 6.47. The molecule has 1 aliphatic rings. The van der Waals surface area contributed by atoms with Gasteiger partial charge in [0.2, 0.25) is 0 Å². The predicted molar refractivity (Wildman–Crippen MR) is 129 cm³/mol. The molecule has 0 aliphatic carbocycles. The number of ether oxygens (including phenoxy) is 1. The largest absolute Gasteiger partial charge is 0.394 e. The van der Waals surface area contributed by atoms with Gasteiger partial charge < -0.3 is 25.5 Å². The van der Waals surface area contributed by atoms with Crippen LogP contribution in [0.1, 0.15) is 39.1 Å². The first kappa shape index (κ1) is 22.6. The molecule has 3 aromatic heterocycles. The van der Waals surface area contributed by atoms with Gasteiger partial charge in [-0.15, -0.1) is 0 Å². The van der Waals surface area contributed by atoms with E-state index in [1.807, 2.05) is 0 Å². The number of aromatic nitrogens is 4. The van der Waals surface area contributed by atoms with Crippen molar-refractivity contribution in [3.05, 3.63) is 78.0 Å². The maximum Gasteiger partial charge on any atom is 0.255 e. The summed E-state index contributed by atoms with van der Waals surface area (Å²) in [5.41, 5.74) is 2.43. The van der Waals surface area contributed by atoms with E-state index in [1.54, 1.807) is 55.0 Å². The van der Waals surface area contributed by atoms with Crippen molar-refractivity contribution in [1.82, 2.24) is 19.9 Å². The van der Waals surface area contributed by atoms with Gasteiger partial charge in [0.25, 0.3) is 5.91 Å². The molecule has 0 radical (unpaired) electrons. The van der Waals surface area contributed by atoms with Gasteiger partial charge in [0.05, 0.1) is 48.2 Å². The molecular weight excluding hydrogens is 448 g/mol. The lowest BCUT2D eigenvalue weighted by molar-refractivity contribution is -0.0224. The zero-order valence-corrected chi connectivity index (χ0v) is 18.8. The Morgan fingerprint density at radius 2 is 1.94 bits per heavy atom. The fraction of sp³-hybridized carbons (Fsp3) is 0.240. The van der Waals surface area contributed by atoms with E-state index in [2.05, 4.69) is 30.6 Å². The summed E-state index contributed by atoms with van der Waals surface area (Å²) in [6.07, 6.45) is 7.65. The van der Waals surface area contributed by atoms with E-state index in [0.29, 0.717) is 45.8 Å². The molecule has 0 spiro atoms. The van der Waals surface area contributed by atoms with Gasteiger partial charge in [-0.05, 0) is 37.1 Å². The summed E-state index contributed by atoms with van der Waals surface area (Å²) in [5.74, 6) is 0.0405. The quantitative estimate of drug-likeness (QED) is 0.301. The average Bonchev–Trinajstić information content (AvgIpc) is 3.35. The Morgan fingerprint density at radius 3 is 2.66 bits per heavy atom. The number of carbonyl (C=O) groups excluding carboxylic acids is 2. The van der Waals surface area contributed by atoms with Crippen LogP contribution in [-0.2, 0) is 4.74 Å². The number of H-pyrrole nitrogens is 1. The van der Waals surface area contributed by atoms with E-state index in [1.165, 1.54) is 6.33 Å². The van der Waals surface area contributed by atoms with Gasteiger partial charge in [0.1, 0.15) is 17.8 Å². The normalized spacial score (nSPS) is 17.7. The number of anilines is 2. The minimum absolute atomic E-state index is 0.00481. The van der Waals surface area contributed by atoms with Crippen LogP contribution in [0.4, 0.5) is 11.5 Å². The third kappa shape index (κ3) is 4.88. The molecule has 178 valence electrons. The lowest BCUT2D eigenvalue weighted by Gasteiger charge is -2.29. The van der Waals surface area contributed by atoms with Gasteiger partial charge in [-0.2, -0.15) is 0 Å². The summed E-state index contributed by atoms with van der Waals surface area (Å²) in [6, 6.07) is 9.96. The molecular formula is C25H24N6O4. The Balaban J connectivity index is 1.35. The third-order valence-electron chi connectivity index (χ3n) is 5.96. The second kappa shape index (κ2) is 10.00. The molecule has 0 saturated carbocycles. The van der Waals surface area contributed by atoms with Crippen LogP contribution >= 0.6 is 0 Å².